The number of benzene rings is 1. The third-order valence-electron chi connectivity index (χ3n) is 4.33. The Morgan fingerprint density at radius 1 is 1.14 bits per heavy atom. The predicted octanol–water partition coefficient (Wildman–Crippen LogP) is 3.98. The summed E-state index contributed by atoms with van der Waals surface area (Å²) in [7, 11) is 2.07. The first-order chi connectivity index (χ1) is 10.6. The molecular formula is C18H20FN3. The fourth-order valence-corrected chi connectivity index (χ4v) is 2.82. The molecule has 2 heterocycles. The van der Waals surface area contributed by atoms with E-state index in [2.05, 4.69) is 41.8 Å². The second kappa shape index (κ2) is 5.79. The summed E-state index contributed by atoms with van der Waals surface area (Å²) < 4.78 is 15.1. The van der Waals surface area contributed by atoms with Gasteiger partial charge in [-0.1, -0.05) is 12.1 Å². The Bertz CT molecular complexity index is 803. The van der Waals surface area contributed by atoms with Crippen molar-refractivity contribution in [3.63, 3.8) is 0 Å². The summed E-state index contributed by atoms with van der Waals surface area (Å²) in [5.41, 5.74) is 4.79. The topological polar surface area (TPSA) is 29.9 Å². The van der Waals surface area contributed by atoms with Crippen LogP contribution in [0.1, 0.15) is 16.8 Å². The molecule has 3 aromatic rings. The molecule has 0 fully saturated rings. The summed E-state index contributed by atoms with van der Waals surface area (Å²) in [6, 6.07) is 8.70. The van der Waals surface area contributed by atoms with E-state index in [1.165, 1.54) is 28.8 Å². The summed E-state index contributed by atoms with van der Waals surface area (Å²) in [6.07, 6.45) is 2.68. The molecule has 114 valence electrons. The number of nitrogens with zero attached hydrogens (tertiary/aromatic N) is 2. The number of nitrogens with one attached hydrogen (secondary N) is 1. The SMILES string of the molecule is Cc1c(C)n(C)c2c(NCCc3ccc(F)cc3)nccc12. The van der Waals surface area contributed by atoms with Gasteiger partial charge in [0, 0.05) is 30.9 Å². The van der Waals surface area contributed by atoms with Crippen molar-refractivity contribution in [2.45, 2.75) is 20.3 Å². The van der Waals surface area contributed by atoms with E-state index in [-0.39, 0.29) is 5.82 Å². The zero-order chi connectivity index (χ0) is 15.7. The van der Waals surface area contributed by atoms with Gasteiger partial charge in [0.05, 0.1) is 5.52 Å². The van der Waals surface area contributed by atoms with Gasteiger partial charge in [-0.05, 0) is 49.6 Å². The van der Waals surface area contributed by atoms with E-state index in [4.69, 9.17) is 0 Å². The van der Waals surface area contributed by atoms with Gasteiger partial charge >= 0.3 is 0 Å². The van der Waals surface area contributed by atoms with Gasteiger partial charge in [0.15, 0.2) is 5.82 Å². The number of aryl methyl sites for hydroxylation is 2. The molecule has 0 aliphatic rings. The van der Waals surface area contributed by atoms with E-state index in [9.17, 15) is 4.39 Å². The third-order valence-corrected chi connectivity index (χ3v) is 4.33. The van der Waals surface area contributed by atoms with E-state index in [0.717, 1.165) is 29.9 Å². The molecule has 0 radical (unpaired) electrons. The van der Waals surface area contributed by atoms with Crippen LogP contribution in [-0.4, -0.2) is 16.1 Å². The lowest BCUT2D eigenvalue weighted by atomic mass is 10.1. The molecule has 3 rings (SSSR count). The van der Waals surface area contributed by atoms with Crippen LogP contribution in [0.5, 0.6) is 0 Å². The molecule has 3 nitrogen and oxygen atoms in total. The zero-order valence-corrected chi connectivity index (χ0v) is 13.2. The quantitative estimate of drug-likeness (QED) is 0.789. The van der Waals surface area contributed by atoms with Crippen LogP contribution in [0.4, 0.5) is 10.2 Å². The largest absolute Gasteiger partial charge is 0.368 e. The van der Waals surface area contributed by atoms with Gasteiger partial charge in [0.25, 0.3) is 0 Å². The molecule has 0 aliphatic heterocycles. The monoisotopic (exact) mass is 297 g/mol. The molecule has 4 heteroatoms. The number of hydrogen-bond donors (Lipinski definition) is 1. The summed E-state index contributed by atoms with van der Waals surface area (Å²) in [6.45, 7) is 5.03. The van der Waals surface area contributed by atoms with Gasteiger partial charge in [-0.25, -0.2) is 9.37 Å². The molecule has 0 spiro atoms. The lowest BCUT2D eigenvalue weighted by Crippen LogP contribution is -2.08. The predicted molar refractivity (Wildman–Crippen MR) is 88.8 cm³/mol. The van der Waals surface area contributed by atoms with Crippen molar-refractivity contribution < 1.29 is 4.39 Å². The molecule has 0 bridgehead atoms. The summed E-state index contributed by atoms with van der Waals surface area (Å²) in [4.78, 5) is 4.48. The van der Waals surface area contributed by atoms with E-state index in [1.807, 2.05) is 18.3 Å². The number of anilines is 1. The minimum Gasteiger partial charge on any atom is -0.368 e. The van der Waals surface area contributed by atoms with Gasteiger partial charge in [0.1, 0.15) is 5.82 Å². The second-order valence-corrected chi connectivity index (χ2v) is 5.63. The Morgan fingerprint density at radius 3 is 2.59 bits per heavy atom. The van der Waals surface area contributed by atoms with E-state index >= 15 is 0 Å². The Hall–Kier alpha value is -2.36. The number of fused-ring (bicyclic) bond motifs is 1. The standard InChI is InChI=1S/C18H20FN3/c1-12-13(2)22(3)17-16(12)9-11-21-18(17)20-10-8-14-4-6-15(19)7-5-14/h4-7,9,11H,8,10H2,1-3H3,(H,20,21). The first-order valence-corrected chi connectivity index (χ1v) is 7.47. The Morgan fingerprint density at radius 2 is 1.86 bits per heavy atom. The average Bonchev–Trinajstić information content (AvgIpc) is 2.75. The molecule has 0 saturated heterocycles. The van der Waals surface area contributed by atoms with Crippen LogP contribution in [-0.2, 0) is 13.5 Å². The molecule has 0 amide bonds. The van der Waals surface area contributed by atoms with Crippen LogP contribution in [0.2, 0.25) is 0 Å². The van der Waals surface area contributed by atoms with Crippen molar-refractivity contribution in [1.29, 1.82) is 0 Å². The minimum absolute atomic E-state index is 0.196. The molecule has 0 unspecified atom stereocenters. The summed E-state index contributed by atoms with van der Waals surface area (Å²) in [5, 5.41) is 4.64. The van der Waals surface area contributed by atoms with Gasteiger partial charge in [-0.15, -0.1) is 0 Å². The molecule has 1 aromatic carbocycles. The van der Waals surface area contributed by atoms with E-state index in [0.29, 0.717) is 0 Å². The highest BCUT2D eigenvalue weighted by Crippen LogP contribution is 2.28. The van der Waals surface area contributed by atoms with E-state index < -0.39 is 0 Å². The zero-order valence-electron chi connectivity index (χ0n) is 13.2. The van der Waals surface area contributed by atoms with Gasteiger partial charge in [-0.3, -0.25) is 0 Å². The van der Waals surface area contributed by atoms with E-state index in [1.54, 1.807) is 0 Å². The van der Waals surface area contributed by atoms with Crippen molar-refractivity contribution in [2.24, 2.45) is 7.05 Å². The maximum absolute atomic E-state index is 12.9. The van der Waals surface area contributed by atoms with Crippen molar-refractivity contribution in [3.8, 4) is 0 Å². The normalized spacial score (nSPS) is 11.1. The van der Waals surface area contributed by atoms with Gasteiger partial charge < -0.3 is 9.88 Å². The van der Waals surface area contributed by atoms with Gasteiger partial charge in [-0.2, -0.15) is 0 Å². The highest BCUT2D eigenvalue weighted by molar-refractivity contribution is 5.93. The summed E-state index contributed by atoms with van der Waals surface area (Å²) >= 11 is 0. The van der Waals surface area contributed by atoms with Crippen molar-refractivity contribution >= 4 is 16.7 Å². The minimum atomic E-state index is -0.196. The van der Waals surface area contributed by atoms with Crippen molar-refractivity contribution in [1.82, 2.24) is 9.55 Å². The van der Waals surface area contributed by atoms with Crippen LogP contribution >= 0.6 is 0 Å². The number of rotatable bonds is 4. The fraction of sp³-hybridized carbons (Fsp3) is 0.278. The Kier molecular flexibility index (Phi) is 3.84. The number of halogens is 1. The third kappa shape index (κ3) is 2.56. The molecule has 0 saturated carbocycles. The lowest BCUT2D eigenvalue weighted by molar-refractivity contribution is 0.627. The fourth-order valence-electron chi connectivity index (χ4n) is 2.82. The second-order valence-electron chi connectivity index (χ2n) is 5.63. The highest BCUT2D eigenvalue weighted by Gasteiger charge is 2.12. The average molecular weight is 297 g/mol. The Labute approximate surface area is 129 Å². The number of hydrogen-bond acceptors (Lipinski definition) is 2. The van der Waals surface area contributed by atoms with Crippen LogP contribution in [0.15, 0.2) is 36.5 Å². The number of pyridine rings is 1. The molecule has 22 heavy (non-hydrogen) atoms. The molecule has 0 atom stereocenters. The Balaban J connectivity index is 1.79. The highest BCUT2D eigenvalue weighted by atomic mass is 19.1. The molecule has 2 aromatic heterocycles. The molecule has 1 N–H and O–H groups in total. The van der Waals surface area contributed by atoms with Crippen LogP contribution in [0.25, 0.3) is 10.9 Å². The van der Waals surface area contributed by atoms with Crippen molar-refractivity contribution in [2.75, 3.05) is 11.9 Å². The van der Waals surface area contributed by atoms with Crippen LogP contribution in [0, 0.1) is 19.7 Å². The van der Waals surface area contributed by atoms with Crippen molar-refractivity contribution in [3.05, 3.63) is 59.2 Å². The van der Waals surface area contributed by atoms with Crippen LogP contribution < -0.4 is 5.32 Å². The maximum atomic E-state index is 12.9. The van der Waals surface area contributed by atoms with Gasteiger partial charge in [0.2, 0.25) is 0 Å². The van der Waals surface area contributed by atoms with Crippen LogP contribution in [0.3, 0.4) is 0 Å². The summed E-state index contributed by atoms with van der Waals surface area (Å²) in [5.74, 6) is 0.705. The number of aromatic nitrogens is 2. The smallest absolute Gasteiger partial charge is 0.150 e. The lowest BCUT2D eigenvalue weighted by Gasteiger charge is -2.09. The molecular weight excluding hydrogens is 277 g/mol. The first-order valence-electron chi connectivity index (χ1n) is 7.47. The molecule has 0 aliphatic carbocycles. The first kappa shape index (κ1) is 14.6. The maximum Gasteiger partial charge on any atom is 0.150 e.